The molecule has 1 fully saturated rings. The Kier molecular flexibility index (Phi) is 7.51. The lowest BCUT2D eigenvalue weighted by molar-refractivity contribution is -0.127. The maximum absolute atomic E-state index is 11.8. The Morgan fingerprint density at radius 1 is 1.39 bits per heavy atom. The molecule has 1 saturated heterocycles. The second-order valence-electron chi connectivity index (χ2n) is 4.91. The van der Waals surface area contributed by atoms with Gasteiger partial charge in [-0.05, 0) is 39.2 Å². The molecule has 2 atom stereocenters. The van der Waals surface area contributed by atoms with Crippen LogP contribution >= 0.6 is 0 Å². The van der Waals surface area contributed by atoms with Crippen LogP contribution in [-0.4, -0.2) is 52.7 Å². The molecule has 1 aliphatic heterocycles. The largest absolute Gasteiger partial charge is 0.342 e. The highest BCUT2D eigenvalue weighted by molar-refractivity contribution is 7.85. The van der Waals surface area contributed by atoms with Gasteiger partial charge >= 0.3 is 0 Å². The van der Waals surface area contributed by atoms with Crippen molar-refractivity contribution in [2.45, 2.75) is 45.1 Å². The Balaban J connectivity index is 2.14. The summed E-state index contributed by atoms with van der Waals surface area (Å²) >= 11 is 0. The fourth-order valence-electron chi connectivity index (χ4n) is 2.31. The van der Waals surface area contributed by atoms with Gasteiger partial charge in [-0.15, -0.1) is 0 Å². The molecule has 0 bridgehead atoms. The zero-order valence-electron chi connectivity index (χ0n) is 11.6. The fourth-order valence-corrected chi connectivity index (χ4v) is 3.40. The number of carbonyl (C=O) groups excluding carboxylic acids is 1. The van der Waals surface area contributed by atoms with Crippen molar-refractivity contribution in [3.63, 3.8) is 0 Å². The molecule has 106 valence electrons. The third-order valence-corrected chi connectivity index (χ3v) is 4.88. The van der Waals surface area contributed by atoms with Gasteiger partial charge in [0, 0.05) is 35.7 Å². The molecule has 1 aliphatic rings. The lowest BCUT2D eigenvalue weighted by atomic mass is 10.1. The van der Waals surface area contributed by atoms with Crippen molar-refractivity contribution in [2.24, 2.45) is 0 Å². The molecule has 2 unspecified atom stereocenters. The summed E-state index contributed by atoms with van der Waals surface area (Å²) < 4.78 is 11.8. The summed E-state index contributed by atoms with van der Waals surface area (Å²) in [4.78, 5) is 13.6. The van der Waals surface area contributed by atoms with E-state index >= 15 is 0 Å². The average molecular weight is 274 g/mol. The summed E-state index contributed by atoms with van der Waals surface area (Å²) in [6.45, 7) is 3.86. The molecule has 1 N–H and O–H groups in total. The van der Waals surface area contributed by atoms with Crippen molar-refractivity contribution < 1.29 is 9.00 Å². The molecule has 0 aromatic heterocycles. The minimum atomic E-state index is -0.985. The molecule has 0 aromatic rings. The highest BCUT2D eigenvalue weighted by atomic mass is 32.2. The van der Waals surface area contributed by atoms with E-state index in [1.165, 1.54) is 0 Å². The van der Waals surface area contributed by atoms with E-state index in [9.17, 15) is 9.00 Å². The highest BCUT2D eigenvalue weighted by Crippen LogP contribution is 2.08. The smallest absolute Gasteiger partial charge is 0.235 e. The van der Waals surface area contributed by atoms with Crippen LogP contribution in [0.2, 0.25) is 0 Å². The Morgan fingerprint density at radius 2 is 2.06 bits per heavy atom. The number of hydrogen-bond acceptors (Lipinski definition) is 3. The van der Waals surface area contributed by atoms with Crippen molar-refractivity contribution in [3.05, 3.63) is 0 Å². The Labute approximate surface area is 113 Å². The molecule has 1 heterocycles. The molecule has 4 nitrogen and oxygen atoms in total. The normalized spacial score (nSPS) is 18.9. The number of amides is 1. The molecule has 1 amide bonds. The molecule has 5 heteroatoms. The molecule has 0 saturated carbocycles. The number of nitrogens with one attached hydrogen (secondary N) is 1. The van der Waals surface area contributed by atoms with E-state index in [4.69, 9.17) is 0 Å². The van der Waals surface area contributed by atoms with Crippen LogP contribution < -0.4 is 5.32 Å². The Bertz CT molecular complexity index is 274. The van der Waals surface area contributed by atoms with Gasteiger partial charge < -0.3 is 10.2 Å². The predicted molar refractivity (Wildman–Crippen MR) is 76.1 cm³/mol. The first-order chi connectivity index (χ1) is 8.67. The second-order valence-corrected chi connectivity index (χ2v) is 6.49. The SMILES string of the molecule is CCC(CCCS(=O)CC(=O)N1CCCC1)NC. The number of carbonyl (C=O) groups is 1. The summed E-state index contributed by atoms with van der Waals surface area (Å²) in [5.41, 5.74) is 0. The summed E-state index contributed by atoms with van der Waals surface area (Å²) in [7, 11) is 0.975. The van der Waals surface area contributed by atoms with Gasteiger partial charge in [-0.25, -0.2) is 0 Å². The van der Waals surface area contributed by atoms with Crippen LogP contribution in [0.25, 0.3) is 0 Å². The summed E-state index contributed by atoms with van der Waals surface area (Å²) in [5, 5.41) is 3.24. The zero-order valence-corrected chi connectivity index (χ0v) is 12.4. The van der Waals surface area contributed by atoms with Crippen molar-refractivity contribution in [1.82, 2.24) is 10.2 Å². The van der Waals surface area contributed by atoms with Crippen molar-refractivity contribution in [2.75, 3.05) is 31.6 Å². The zero-order chi connectivity index (χ0) is 13.4. The average Bonchev–Trinajstić information content (AvgIpc) is 2.88. The first kappa shape index (κ1) is 15.6. The quantitative estimate of drug-likeness (QED) is 0.722. The van der Waals surface area contributed by atoms with E-state index in [1.54, 1.807) is 0 Å². The van der Waals surface area contributed by atoms with E-state index in [-0.39, 0.29) is 11.7 Å². The minimum absolute atomic E-state index is 0.0755. The Morgan fingerprint density at radius 3 is 2.61 bits per heavy atom. The molecule has 0 radical (unpaired) electrons. The van der Waals surface area contributed by atoms with E-state index in [2.05, 4.69) is 12.2 Å². The lowest BCUT2D eigenvalue weighted by Crippen LogP contribution is -2.32. The number of hydrogen-bond donors (Lipinski definition) is 1. The van der Waals surface area contributed by atoms with Crippen molar-refractivity contribution in [1.29, 1.82) is 0 Å². The second kappa shape index (κ2) is 8.64. The first-order valence-corrected chi connectivity index (χ1v) is 8.46. The number of nitrogens with zero attached hydrogens (tertiary/aromatic N) is 1. The molecule has 0 aliphatic carbocycles. The summed E-state index contributed by atoms with van der Waals surface area (Å²) in [6.07, 6.45) is 5.25. The van der Waals surface area contributed by atoms with Gasteiger partial charge in [-0.1, -0.05) is 6.92 Å². The van der Waals surface area contributed by atoms with Crippen LogP contribution in [0.4, 0.5) is 0 Å². The third kappa shape index (κ3) is 5.48. The molecular formula is C13H26N2O2S. The molecular weight excluding hydrogens is 248 g/mol. The minimum Gasteiger partial charge on any atom is -0.342 e. The van der Waals surface area contributed by atoms with Crippen molar-refractivity contribution in [3.8, 4) is 0 Å². The fraction of sp³-hybridized carbons (Fsp3) is 0.923. The van der Waals surface area contributed by atoms with Gasteiger partial charge in [0.15, 0.2) is 0 Å². The van der Waals surface area contributed by atoms with Crippen molar-refractivity contribution >= 4 is 16.7 Å². The van der Waals surface area contributed by atoms with Crippen LogP contribution in [0.3, 0.4) is 0 Å². The number of likely N-dealkylation sites (tertiary alicyclic amines) is 1. The van der Waals surface area contributed by atoms with Crippen LogP contribution in [0, 0.1) is 0 Å². The Hall–Kier alpha value is -0.420. The maximum atomic E-state index is 11.8. The standard InChI is InChI=1S/C13H26N2O2S/c1-3-12(14-2)7-6-10-18(17)11-13(16)15-8-4-5-9-15/h12,14H,3-11H2,1-2H3. The van der Waals surface area contributed by atoms with Crippen LogP contribution in [0.5, 0.6) is 0 Å². The van der Waals surface area contributed by atoms with E-state index < -0.39 is 10.8 Å². The van der Waals surface area contributed by atoms with E-state index in [0.29, 0.717) is 11.8 Å². The summed E-state index contributed by atoms with van der Waals surface area (Å²) in [6, 6.07) is 0.510. The summed E-state index contributed by atoms with van der Waals surface area (Å²) in [5.74, 6) is 0.945. The maximum Gasteiger partial charge on any atom is 0.235 e. The van der Waals surface area contributed by atoms with Crippen LogP contribution in [0.1, 0.15) is 39.0 Å². The molecule has 0 spiro atoms. The van der Waals surface area contributed by atoms with Gasteiger partial charge in [0.2, 0.25) is 5.91 Å². The third-order valence-electron chi connectivity index (χ3n) is 3.57. The van der Waals surface area contributed by atoms with Gasteiger partial charge in [0.1, 0.15) is 5.75 Å². The van der Waals surface area contributed by atoms with Gasteiger partial charge in [-0.3, -0.25) is 9.00 Å². The molecule has 0 aromatic carbocycles. The van der Waals surface area contributed by atoms with E-state index in [0.717, 1.165) is 45.2 Å². The number of rotatable bonds is 8. The van der Waals surface area contributed by atoms with Gasteiger partial charge in [-0.2, -0.15) is 0 Å². The topological polar surface area (TPSA) is 49.4 Å². The van der Waals surface area contributed by atoms with Crippen LogP contribution in [-0.2, 0) is 15.6 Å². The monoisotopic (exact) mass is 274 g/mol. The first-order valence-electron chi connectivity index (χ1n) is 6.97. The highest BCUT2D eigenvalue weighted by Gasteiger charge is 2.19. The van der Waals surface area contributed by atoms with Gasteiger partial charge in [0.25, 0.3) is 0 Å². The van der Waals surface area contributed by atoms with E-state index in [1.807, 2.05) is 11.9 Å². The van der Waals surface area contributed by atoms with Crippen LogP contribution in [0.15, 0.2) is 0 Å². The predicted octanol–water partition coefficient (Wildman–Crippen LogP) is 1.14. The molecule has 18 heavy (non-hydrogen) atoms. The lowest BCUT2D eigenvalue weighted by Gasteiger charge is -2.15. The molecule has 1 rings (SSSR count). The van der Waals surface area contributed by atoms with Gasteiger partial charge in [0.05, 0.1) is 0 Å².